The second-order valence-corrected chi connectivity index (χ2v) is 7.88. The molecule has 0 heterocycles. The van der Waals surface area contributed by atoms with Gasteiger partial charge in [-0.1, -0.05) is 18.6 Å². The van der Waals surface area contributed by atoms with Crippen LogP contribution in [0, 0.1) is 23.2 Å². The van der Waals surface area contributed by atoms with Crippen LogP contribution in [0.25, 0.3) is 0 Å². The van der Waals surface area contributed by atoms with Crippen LogP contribution in [-0.2, 0) is 4.79 Å². The molecule has 21 heavy (non-hydrogen) atoms. The van der Waals surface area contributed by atoms with Crippen molar-refractivity contribution in [3.63, 3.8) is 0 Å². The van der Waals surface area contributed by atoms with Gasteiger partial charge >= 0.3 is 0 Å². The Morgan fingerprint density at radius 2 is 2.05 bits per heavy atom. The van der Waals surface area contributed by atoms with E-state index in [9.17, 15) is 9.90 Å². The van der Waals surface area contributed by atoms with Gasteiger partial charge in [-0.3, -0.25) is 0 Å². The van der Waals surface area contributed by atoms with Crippen molar-refractivity contribution in [3.8, 4) is 0 Å². The number of fused-ring (bicyclic) bond motifs is 4. The van der Waals surface area contributed by atoms with E-state index in [4.69, 9.17) is 0 Å². The molecule has 114 valence electrons. The zero-order valence-corrected chi connectivity index (χ0v) is 13.0. The fourth-order valence-corrected chi connectivity index (χ4v) is 5.77. The van der Waals surface area contributed by atoms with Crippen molar-refractivity contribution in [2.75, 3.05) is 0 Å². The fraction of sp³-hybridized carbons (Fsp3) is 0.737. The summed E-state index contributed by atoms with van der Waals surface area (Å²) in [5, 5.41) is 10.4. The van der Waals surface area contributed by atoms with E-state index >= 15 is 0 Å². The lowest BCUT2D eigenvalue weighted by Crippen LogP contribution is -2.42. The van der Waals surface area contributed by atoms with E-state index in [1.807, 2.05) is 0 Å². The first-order valence-corrected chi connectivity index (χ1v) is 8.70. The maximum absolute atomic E-state index is 11.1. The van der Waals surface area contributed by atoms with E-state index in [1.54, 1.807) is 11.1 Å². The van der Waals surface area contributed by atoms with Gasteiger partial charge in [0.2, 0.25) is 0 Å². The molecule has 0 bridgehead atoms. The molecule has 1 N–H and O–H groups in total. The molecule has 0 spiro atoms. The van der Waals surface area contributed by atoms with E-state index in [0.29, 0.717) is 11.8 Å². The first kappa shape index (κ1) is 13.8. The first-order valence-electron chi connectivity index (χ1n) is 8.70. The smallest absolute Gasteiger partial charge is 0.126 e. The Kier molecular flexibility index (Phi) is 3.15. The van der Waals surface area contributed by atoms with Gasteiger partial charge in [0.1, 0.15) is 6.29 Å². The summed E-state index contributed by atoms with van der Waals surface area (Å²) in [5.41, 5.74) is 4.95. The van der Waals surface area contributed by atoms with E-state index < -0.39 is 0 Å². The van der Waals surface area contributed by atoms with Gasteiger partial charge in [0.05, 0.1) is 6.10 Å². The van der Waals surface area contributed by atoms with Gasteiger partial charge in [-0.2, -0.15) is 0 Å². The standard InChI is InChI=1S/C19H26O2/c1-19-9-8-15-14-4-2-12(11-20)10-13(14)3-5-16(15)17(19)6-7-18(19)21/h10-12,16-18,21H,2-9H2,1H3/t12?,16-,17+,18+,19+/m1/s1. The molecule has 4 rings (SSSR count). The molecule has 0 amide bonds. The first-order chi connectivity index (χ1) is 10.1. The maximum atomic E-state index is 11.1. The van der Waals surface area contributed by atoms with Gasteiger partial charge in [-0.15, -0.1) is 0 Å². The summed E-state index contributed by atoms with van der Waals surface area (Å²) in [5.74, 6) is 1.55. The molecule has 0 aromatic rings. The van der Waals surface area contributed by atoms with Crippen molar-refractivity contribution in [3.05, 3.63) is 22.8 Å². The second kappa shape index (κ2) is 4.81. The lowest BCUT2D eigenvalue weighted by atomic mass is 9.57. The summed E-state index contributed by atoms with van der Waals surface area (Å²) >= 11 is 0. The number of hydrogen-bond acceptors (Lipinski definition) is 2. The van der Waals surface area contributed by atoms with Gasteiger partial charge in [0, 0.05) is 5.92 Å². The normalized spacial score (nSPS) is 45.5. The number of allylic oxidation sites excluding steroid dienone is 4. The summed E-state index contributed by atoms with van der Waals surface area (Å²) in [6.07, 6.45) is 12.3. The van der Waals surface area contributed by atoms with Crippen molar-refractivity contribution in [1.82, 2.24) is 0 Å². The molecule has 2 nitrogen and oxygen atoms in total. The molecule has 5 atom stereocenters. The number of carbonyl (C=O) groups is 1. The lowest BCUT2D eigenvalue weighted by Gasteiger charge is -2.48. The molecule has 4 aliphatic rings. The molecule has 0 aromatic carbocycles. The molecule has 2 saturated carbocycles. The summed E-state index contributed by atoms with van der Waals surface area (Å²) in [6, 6.07) is 0. The van der Waals surface area contributed by atoms with Gasteiger partial charge in [0.15, 0.2) is 0 Å². The average molecular weight is 286 g/mol. The number of aldehydes is 1. The van der Waals surface area contributed by atoms with E-state index in [1.165, 1.54) is 24.8 Å². The minimum atomic E-state index is -0.0863. The van der Waals surface area contributed by atoms with Crippen LogP contribution in [0.1, 0.15) is 58.3 Å². The van der Waals surface area contributed by atoms with Crippen molar-refractivity contribution < 1.29 is 9.90 Å². The third-order valence-electron chi connectivity index (χ3n) is 7.04. The zero-order chi connectivity index (χ0) is 14.6. The highest BCUT2D eigenvalue weighted by atomic mass is 16.3. The largest absolute Gasteiger partial charge is 0.393 e. The Balaban J connectivity index is 1.71. The molecule has 2 fully saturated rings. The Labute approximate surface area is 127 Å². The van der Waals surface area contributed by atoms with Crippen molar-refractivity contribution in [2.24, 2.45) is 23.2 Å². The molecule has 2 heteroatoms. The second-order valence-electron chi connectivity index (χ2n) is 7.88. The molecule has 0 aliphatic heterocycles. The van der Waals surface area contributed by atoms with Crippen LogP contribution in [0.4, 0.5) is 0 Å². The summed E-state index contributed by atoms with van der Waals surface area (Å²) in [7, 11) is 0. The van der Waals surface area contributed by atoms with Crippen LogP contribution in [0.2, 0.25) is 0 Å². The molecule has 4 aliphatic carbocycles. The third kappa shape index (κ3) is 1.91. The van der Waals surface area contributed by atoms with Gasteiger partial charge < -0.3 is 9.90 Å². The molecule has 0 radical (unpaired) electrons. The molecule has 0 saturated heterocycles. The fourth-order valence-electron chi connectivity index (χ4n) is 5.77. The third-order valence-corrected chi connectivity index (χ3v) is 7.04. The zero-order valence-electron chi connectivity index (χ0n) is 13.0. The Hall–Kier alpha value is -0.890. The van der Waals surface area contributed by atoms with E-state index in [-0.39, 0.29) is 17.4 Å². The van der Waals surface area contributed by atoms with Gasteiger partial charge in [-0.25, -0.2) is 0 Å². The van der Waals surface area contributed by atoms with E-state index in [0.717, 1.165) is 38.4 Å². The van der Waals surface area contributed by atoms with Crippen molar-refractivity contribution >= 4 is 6.29 Å². The minimum absolute atomic E-state index is 0.0863. The summed E-state index contributed by atoms with van der Waals surface area (Å²) in [4.78, 5) is 11.1. The number of carbonyl (C=O) groups excluding carboxylic acids is 1. The lowest BCUT2D eigenvalue weighted by molar-refractivity contribution is -0.110. The van der Waals surface area contributed by atoms with E-state index in [2.05, 4.69) is 13.0 Å². The Bertz CT molecular complexity index is 530. The number of rotatable bonds is 1. The Morgan fingerprint density at radius 3 is 2.86 bits per heavy atom. The molecular weight excluding hydrogens is 260 g/mol. The number of hydrogen-bond donors (Lipinski definition) is 1. The predicted molar refractivity (Wildman–Crippen MR) is 82.7 cm³/mol. The van der Waals surface area contributed by atoms with Crippen LogP contribution >= 0.6 is 0 Å². The van der Waals surface area contributed by atoms with Crippen LogP contribution in [0.15, 0.2) is 22.8 Å². The SMILES string of the molecule is C[C@]12CCC3=C4CCC(C=O)C=C4CC[C@H]3[C@@H]1CC[C@@H]2O. The number of aliphatic hydroxyl groups is 1. The van der Waals surface area contributed by atoms with Crippen LogP contribution in [0.5, 0.6) is 0 Å². The van der Waals surface area contributed by atoms with Crippen LogP contribution in [0.3, 0.4) is 0 Å². The minimum Gasteiger partial charge on any atom is -0.393 e. The summed E-state index contributed by atoms with van der Waals surface area (Å²) in [6.45, 7) is 2.32. The molecular formula is C19H26O2. The monoisotopic (exact) mass is 286 g/mol. The summed E-state index contributed by atoms with van der Waals surface area (Å²) < 4.78 is 0. The highest BCUT2D eigenvalue weighted by molar-refractivity contribution is 5.60. The predicted octanol–water partition coefficient (Wildman–Crippen LogP) is 3.80. The highest BCUT2D eigenvalue weighted by Crippen LogP contribution is 2.60. The van der Waals surface area contributed by atoms with Gasteiger partial charge in [-0.05, 0) is 79.8 Å². The Morgan fingerprint density at radius 1 is 1.19 bits per heavy atom. The quantitative estimate of drug-likeness (QED) is 0.744. The highest BCUT2D eigenvalue weighted by Gasteiger charge is 2.53. The van der Waals surface area contributed by atoms with Crippen molar-refractivity contribution in [2.45, 2.75) is 64.4 Å². The van der Waals surface area contributed by atoms with Gasteiger partial charge in [0.25, 0.3) is 0 Å². The van der Waals surface area contributed by atoms with Crippen LogP contribution < -0.4 is 0 Å². The topological polar surface area (TPSA) is 37.3 Å². The van der Waals surface area contributed by atoms with Crippen LogP contribution in [-0.4, -0.2) is 17.5 Å². The number of aliphatic hydroxyl groups excluding tert-OH is 1. The van der Waals surface area contributed by atoms with Crippen molar-refractivity contribution in [1.29, 1.82) is 0 Å². The molecule has 1 unspecified atom stereocenters. The maximum Gasteiger partial charge on any atom is 0.126 e. The average Bonchev–Trinajstić information content (AvgIpc) is 2.82. The molecule has 0 aromatic heterocycles.